The van der Waals surface area contributed by atoms with Gasteiger partial charge in [0, 0.05) is 6.08 Å². The first kappa shape index (κ1) is 9.14. The second-order valence-corrected chi connectivity index (χ2v) is 2.46. The summed E-state index contributed by atoms with van der Waals surface area (Å²) in [4.78, 5) is 0. The average Bonchev–Trinajstić information content (AvgIpc) is 2.16. The van der Waals surface area contributed by atoms with Crippen molar-refractivity contribution in [1.82, 2.24) is 0 Å². The van der Waals surface area contributed by atoms with E-state index in [-0.39, 0.29) is 0 Å². The summed E-state index contributed by atoms with van der Waals surface area (Å²) in [5.41, 5.74) is 7.10. The standard InChI is InChI=1S/C10H10N2O/c1-13-10-7-8(3-2-6-11)4-5-9(10)12/h2-5,7H,12H2,1H3/b3-2+. The van der Waals surface area contributed by atoms with Crippen molar-refractivity contribution < 1.29 is 4.74 Å². The van der Waals surface area contributed by atoms with E-state index in [1.165, 1.54) is 6.08 Å². The van der Waals surface area contributed by atoms with Gasteiger partial charge in [-0.25, -0.2) is 0 Å². The van der Waals surface area contributed by atoms with E-state index in [9.17, 15) is 0 Å². The SMILES string of the molecule is COc1cc(/C=C/C#N)ccc1N. The fourth-order valence-corrected chi connectivity index (χ4v) is 0.965. The Bertz CT molecular complexity index is 364. The molecule has 0 spiro atoms. The predicted molar refractivity (Wildman–Crippen MR) is 52.1 cm³/mol. The van der Waals surface area contributed by atoms with Crippen LogP contribution in [0.5, 0.6) is 5.75 Å². The van der Waals surface area contributed by atoms with E-state index in [0.717, 1.165) is 5.56 Å². The molecule has 3 heteroatoms. The molecule has 0 atom stereocenters. The highest BCUT2D eigenvalue weighted by molar-refractivity contribution is 5.61. The first-order chi connectivity index (χ1) is 6.27. The van der Waals surface area contributed by atoms with Gasteiger partial charge in [0.1, 0.15) is 5.75 Å². The van der Waals surface area contributed by atoms with Crippen LogP contribution in [0.2, 0.25) is 0 Å². The second-order valence-electron chi connectivity index (χ2n) is 2.46. The molecular weight excluding hydrogens is 164 g/mol. The van der Waals surface area contributed by atoms with Crippen molar-refractivity contribution in [2.24, 2.45) is 0 Å². The van der Waals surface area contributed by atoms with Crippen molar-refractivity contribution in [3.8, 4) is 11.8 Å². The van der Waals surface area contributed by atoms with Crippen LogP contribution in [0.25, 0.3) is 6.08 Å². The van der Waals surface area contributed by atoms with Gasteiger partial charge in [-0.2, -0.15) is 5.26 Å². The molecule has 0 fully saturated rings. The smallest absolute Gasteiger partial charge is 0.142 e. The highest BCUT2D eigenvalue weighted by Crippen LogP contribution is 2.22. The van der Waals surface area contributed by atoms with Crippen LogP contribution in [-0.2, 0) is 0 Å². The van der Waals surface area contributed by atoms with E-state index in [4.69, 9.17) is 15.7 Å². The zero-order valence-corrected chi connectivity index (χ0v) is 7.32. The molecule has 0 amide bonds. The number of nitrogens with zero attached hydrogens (tertiary/aromatic N) is 1. The number of allylic oxidation sites excluding steroid dienone is 1. The Morgan fingerprint density at radius 1 is 1.54 bits per heavy atom. The van der Waals surface area contributed by atoms with Gasteiger partial charge in [0.05, 0.1) is 18.9 Å². The van der Waals surface area contributed by atoms with Gasteiger partial charge in [-0.05, 0) is 23.8 Å². The Balaban J connectivity index is 3.01. The fourth-order valence-electron chi connectivity index (χ4n) is 0.965. The molecule has 13 heavy (non-hydrogen) atoms. The predicted octanol–water partition coefficient (Wildman–Crippen LogP) is 1.81. The summed E-state index contributed by atoms with van der Waals surface area (Å²) in [5.74, 6) is 0.625. The molecule has 0 bridgehead atoms. The number of methoxy groups -OCH3 is 1. The maximum Gasteiger partial charge on any atom is 0.142 e. The summed E-state index contributed by atoms with van der Waals surface area (Å²) in [5, 5.41) is 8.32. The van der Waals surface area contributed by atoms with Crippen LogP contribution >= 0.6 is 0 Å². The minimum absolute atomic E-state index is 0.594. The molecule has 2 N–H and O–H groups in total. The van der Waals surface area contributed by atoms with Crippen LogP contribution < -0.4 is 10.5 Å². The third-order valence-electron chi connectivity index (χ3n) is 1.61. The number of hydrogen-bond acceptors (Lipinski definition) is 3. The van der Waals surface area contributed by atoms with Gasteiger partial charge in [0.15, 0.2) is 0 Å². The Morgan fingerprint density at radius 3 is 2.92 bits per heavy atom. The maximum atomic E-state index is 8.32. The zero-order valence-electron chi connectivity index (χ0n) is 7.32. The van der Waals surface area contributed by atoms with Crippen LogP contribution in [0.15, 0.2) is 24.3 Å². The van der Waals surface area contributed by atoms with Gasteiger partial charge < -0.3 is 10.5 Å². The minimum atomic E-state index is 0.594. The van der Waals surface area contributed by atoms with E-state index < -0.39 is 0 Å². The van der Waals surface area contributed by atoms with Gasteiger partial charge in [-0.3, -0.25) is 0 Å². The van der Waals surface area contributed by atoms with Gasteiger partial charge >= 0.3 is 0 Å². The van der Waals surface area contributed by atoms with Crippen molar-refractivity contribution in [3.05, 3.63) is 29.8 Å². The lowest BCUT2D eigenvalue weighted by atomic mass is 10.2. The Kier molecular flexibility index (Phi) is 2.93. The molecule has 0 heterocycles. The lowest BCUT2D eigenvalue weighted by Crippen LogP contribution is -1.91. The number of hydrogen-bond donors (Lipinski definition) is 1. The third kappa shape index (κ3) is 2.24. The number of nitrogens with two attached hydrogens (primary N) is 1. The quantitative estimate of drug-likeness (QED) is 0.549. The monoisotopic (exact) mass is 174 g/mol. The summed E-state index contributed by atoms with van der Waals surface area (Å²) in [6, 6.07) is 7.27. The summed E-state index contributed by atoms with van der Waals surface area (Å²) >= 11 is 0. The van der Waals surface area contributed by atoms with Gasteiger partial charge in [-0.15, -0.1) is 0 Å². The van der Waals surface area contributed by atoms with Gasteiger partial charge in [0.2, 0.25) is 0 Å². The van der Waals surface area contributed by atoms with Crippen molar-refractivity contribution in [2.75, 3.05) is 12.8 Å². The van der Waals surface area contributed by atoms with E-state index >= 15 is 0 Å². The van der Waals surface area contributed by atoms with E-state index in [1.54, 1.807) is 25.3 Å². The van der Waals surface area contributed by atoms with Crippen molar-refractivity contribution in [3.63, 3.8) is 0 Å². The molecule has 0 saturated heterocycles. The van der Waals surface area contributed by atoms with E-state index in [2.05, 4.69) is 0 Å². The molecule has 0 aliphatic rings. The highest BCUT2D eigenvalue weighted by atomic mass is 16.5. The van der Waals surface area contributed by atoms with Gasteiger partial charge in [-0.1, -0.05) is 6.07 Å². The number of nitrogen functional groups attached to an aromatic ring is 1. The lowest BCUT2D eigenvalue weighted by molar-refractivity contribution is 0.417. The molecule has 1 aromatic rings. The molecule has 1 aromatic carbocycles. The highest BCUT2D eigenvalue weighted by Gasteiger charge is 1.97. The summed E-state index contributed by atoms with van der Waals surface area (Å²) < 4.78 is 5.02. The van der Waals surface area contributed by atoms with Crippen molar-refractivity contribution in [1.29, 1.82) is 5.26 Å². The zero-order chi connectivity index (χ0) is 9.68. The molecule has 1 rings (SSSR count). The first-order valence-corrected chi connectivity index (χ1v) is 3.77. The summed E-state index contributed by atoms with van der Waals surface area (Å²) in [6.07, 6.45) is 3.10. The molecule has 0 aliphatic heterocycles. The molecule has 0 saturated carbocycles. The largest absolute Gasteiger partial charge is 0.495 e. The summed E-state index contributed by atoms with van der Waals surface area (Å²) in [6.45, 7) is 0. The second kappa shape index (κ2) is 4.17. The van der Waals surface area contributed by atoms with Crippen LogP contribution in [0.4, 0.5) is 5.69 Å². The summed E-state index contributed by atoms with van der Waals surface area (Å²) in [7, 11) is 1.56. The van der Waals surface area contributed by atoms with Crippen molar-refractivity contribution in [2.45, 2.75) is 0 Å². The van der Waals surface area contributed by atoms with E-state index in [1.807, 2.05) is 12.1 Å². The number of benzene rings is 1. The molecule has 0 unspecified atom stereocenters. The van der Waals surface area contributed by atoms with E-state index in [0.29, 0.717) is 11.4 Å². The Labute approximate surface area is 77.0 Å². The topological polar surface area (TPSA) is 59.0 Å². The average molecular weight is 174 g/mol. The minimum Gasteiger partial charge on any atom is -0.495 e. The molecular formula is C10H10N2O. The fraction of sp³-hybridized carbons (Fsp3) is 0.100. The van der Waals surface area contributed by atoms with Crippen LogP contribution in [0, 0.1) is 11.3 Å². The lowest BCUT2D eigenvalue weighted by Gasteiger charge is -2.04. The molecule has 0 aliphatic carbocycles. The molecule has 3 nitrogen and oxygen atoms in total. The molecule has 0 radical (unpaired) electrons. The third-order valence-corrected chi connectivity index (χ3v) is 1.61. The van der Waals surface area contributed by atoms with Crippen LogP contribution in [-0.4, -0.2) is 7.11 Å². The van der Waals surface area contributed by atoms with Gasteiger partial charge in [0.25, 0.3) is 0 Å². The number of nitriles is 1. The normalized spacial score (nSPS) is 9.85. The first-order valence-electron chi connectivity index (χ1n) is 3.77. The number of rotatable bonds is 2. The number of ether oxygens (including phenoxy) is 1. The van der Waals surface area contributed by atoms with Crippen molar-refractivity contribution >= 4 is 11.8 Å². The molecule has 0 aromatic heterocycles. The maximum absolute atomic E-state index is 8.32. The van der Waals surface area contributed by atoms with Crippen LogP contribution in [0.3, 0.4) is 0 Å². The Hall–Kier alpha value is -1.95. The molecule has 66 valence electrons. The van der Waals surface area contributed by atoms with Crippen LogP contribution in [0.1, 0.15) is 5.56 Å². The Morgan fingerprint density at radius 2 is 2.31 bits per heavy atom. The number of anilines is 1.